The SMILES string of the molecule is CCC1CNC(C)(C2CC2)CN1CCCCN(C)C(C)C. The Labute approximate surface area is 132 Å². The maximum atomic E-state index is 3.86. The van der Waals surface area contributed by atoms with E-state index in [1.807, 2.05) is 0 Å². The molecule has 1 saturated carbocycles. The fraction of sp³-hybridized carbons (Fsp3) is 1.00. The first-order chi connectivity index (χ1) is 9.96. The second kappa shape index (κ2) is 7.43. The third kappa shape index (κ3) is 4.67. The first kappa shape index (κ1) is 17.2. The molecule has 1 heterocycles. The van der Waals surface area contributed by atoms with Crippen LogP contribution < -0.4 is 5.32 Å². The summed E-state index contributed by atoms with van der Waals surface area (Å²) in [5.41, 5.74) is 0.389. The van der Waals surface area contributed by atoms with Crippen molar-refractivity contribution in [1.29, 1.82) is 0 Å². The summed E-state index contributed by atoms with van der Waals surface area (Å²) in [4.78, 5) is 5.24. The van der Waals surface area contributed by atoms with Gasteiger partial charge in [-0.05, 0) is 78.9 Å². The molecule has 2 unspecified atom stereocenters. The predicted molar refractivity (Wildman–Crippen MR) is 91.8 cm³/mol. The summed E-state index contributed by atoms with van der Waals surface area (Å²) in [5, 5.41) is 3.86. The van der Waals surface area contributed by atoms with E-state index >= 15 is 0 Å². The minimum Gasteiger partial charge on any atom is -0.308 e. The van der Waals surface area contributed by atoms with Crippen LogP contribution >= 0.6 is 0 Å². The molecule has 0 bridgehead atoms. The van der Waals surface area contributed by atoms with Crippen LogP contribution in [0.25, 0.3) is 0 Å². The lowest BCUT2D eigenvalue weighted by atomic mass is 9.90. The van der Waals surface area contributed by atoms with Crippen LogP contribution in [0.5, 0.6) is 0 Å². The topological polar surface area (TPSA) is 18.5 Å². The van der Waals surface area contributed by atoms with Crippen molar-refractivity contribution < 1.29 is 0 Å². The molecule has 0 radical (unpaired) electrons. The molecule has 3 heteroatoms. The fourth-order valence-electron chi connectivity index (χ4n) is 3.68. The van der Waals surface area contributed by atoms with Gasteiger partial charge in [-0.15, -0.1) is 0 Å². The molecule has 2 aliphatic rings. The van der Waals surface area contributed by atoms with Gasteiger partial charge in [0.2, 0.25) is 0 Å². The molecule has 1 saturated heterocycles. The van der Waals surface area contributed by atoms with Gasteiger partial charge in [-0.1, -0.05) is 6.92 Å². The van der Waals surface area contributed by atoms with Gasteiger partial charge in [0, 0.05) is 30.7 Å². The zero-order valence-corrected chi connectivity index (χ0v) is 15.0. The number of hydrogen-bond donors (Lipinski definition) is 1. The van der Waals surface area contributed by atoms with E-state index in [2.05, 4.69) is 49.9 Å². The van der Waals surface area contributed by atoms with E-state index in [4.69, 9.17) is 0 Å². The van der Waals surface area contributed by atoms with Crippen molar-refractivity contribution in [3.05, 3.63) is 0 Å². The van der Waals surface area contributed by atoms with E-state index in [1.165, 1.54) is 58.3 Å². The van der Waals surface area contributed by atoms with Crippen LogP contribution in [-0.2, 0) is 0 Å². The molecule has 1 aliphatic carbocycles. The van der Waals surface area contributed by atoms with Gasteiger partial charge in [0.25, 0.3) is 0 Å². The van der Waals surface area contributed by atoms with Crippen molar-refractivity contribution in [2.75, 3.05) is 33.2 Å². The van der Waals surface area contributed by atoms with Crippen molar-refractivity contribution in [3.63, 3.8) is 0 Å². The first-order valence-corrected chi connectivity index (χ1v) is 9.15. The standard InChI is InChI=1S/C18H37N3/c1-6-17-13-19-18(4,16-9-10-16)14-21(17)12-8-7-11-20(5)15(2)3/h15-17,19H,6-14H2,1-5H3. The van der Waals surface area contributed by atoms with Gasteiger partial charge >= 0.3 is 0 Å². The van der Waals surface area contributed by atoms with Crippen molar-refractivity contribution >= 4 is 0 Å². The highest BCUT2D eigenvalue weighted by Crippen LogP contribution is 2.41. The zero-order chi connectivity index (χ0) is 15.5. The van der Waals surface area contributed by atoms with E-state index in [-0.39, 0.29) is 0 Å². The minimum absolute atomic E-state index is 0.389. The highest BCUT2D eigenvalue weighted by molar-refractivity contribution is 5.03. The second-order valence-electron chi connectivity index (χ2n) is 7.89. The summed E-state index contributed by atoms with van der Waals surface area (Å²) in [6.45, 7) is 14.3. The zero-order valence-electron chi connectivity index (χ0n) is 15.0. The minimum atomic E-state index is 0.389. The Kier molecular flexibility index (Phi) is 6.10. The Bertz CT molecular complexity index is 314. The molecular weight excluding hydrogens is 258 g/mol. The van der Waals surface area contributed by atoms with Crippen molar-refractivity contribution in [1.82, 2.24) is 15.1 Å². The summed E-state index contributed by atoms with van der Waals surface area (Å²) >= 11 is 0. The molecular formula is C18H37N3. The van der Waals surface area contributed by atoms with Gasteiger partial charge < -0.3 is 10.2 Å². The molecule has 2 fully saturated rings. The largest absolute Gasteiger partial charge is 0.308 e. The summed E-state index contributed by atoms with van der Waals surface area (Å²) in [6.07, 6.45) is 6.82. The van der Waals surface area contributed by atoms with Crippen LogP contribution in [0, 0.1) is 5.92 Å². The molecule has 0 amide bonds. The van der Waals surface area contributed by atoms with Crippen molar-refractivity contribution in [3.8, 4) is 0 Å². The lowest BCUT2D eigenvalue weighted by Gasteiger charge is -2.46. The van der Waals surface area contributed by atoms with Gasteiger partial charge in [-0.2, -0.15) is 0 Å². The van der Waals surface area contributed by atoms with Crippen LogP contribution in [0.3, 0.4) is 0 Å². The highest BCUT2D eigenvalue weighted by Gasteiger charge is 2.45. The molecule has 3 nitrogen and oxygen atoms in total. The van der Waals surface area contributed by atoms with Crippen LogP contribution in [0.15, 0.2) is 0 Å². The average Bonchev–Trinajstić information content (AvgIpc) is 3.28. The summed E-state index contributed by atoms with van der Waals surface area (Å²) in [7, 11) is 2.24. The van der Waals surface area contributed by atoms with E-state index in [9.17, 15) is 0 Å². The predicted octanol–water partition coefficient (Wildman–Crippen LogP) is 2.96. The third-order valence-electron chi connectivity index (χ3n) is 5.83. The molecule has 0 aromatic rings. The van der Waals surface area contributed by atoms with Gasteiger partial charge in [0.05, 0.1) is 0 Å². The van der Waals surface area contributed by atoms with E-state index in [0.717, 1.165) is 12.0 Å². The van der Waals surface area contributed by atoms with E-state index < -0.39 is 0 Å². The van der Waals surface area contributed by atoms with E-state index in [1.54, 1.807) is 0 Å². The number of unbranched alkanes of at least 4 members (excludes halogenated alkanes) is 1. The average molecular weight is 296 g/mol. The van der Waals surface area contributed by atoms with Crippen molar-refractivity contribution in [2.45, 2.75) is 77.4 Å². The number of hydrogen-bond acceptors (Lipinski definition) is 3. The second-order valence-corrected chi connectivity index (χ2v) is 7.89. The summed E-state index contributed by atoms with van der Waals surface area (Å²) in [6, 6.07) is 1.42. The Morgan fingerprint density at radius 3 is 2.57 bits per heavy atom. The maximum absolute atomic E-state index is 3.86. The summed E-state index contributed by atoms with van der Waals surface area (Å²) < 4.78 is 0. The number of rotatable bonds is 8. The lowest BCUT2D eigenvalue weighted by molar-refractivity contribution is 0.0706. The van der Waals surface area contributed by atoms with Crippen molar-refractivity contribution in [2.24, 2.45) is 5.92 Å². The molecule has 2 atom stereocenters. The number of piperazine rings is 1. The van der Waals surface area contributed by atoms with Gasteiger partial charge in [-0.3, -0.25) is 4.90 Å². The quantitative estimate of drug-likeness (QED) is 0.695. The van der Waals surface area contributed by atoms with Gasteiger partial charge in [0.1, 0.15) is 0 Å². The van der Waals surface area contributed by atoms with E-state index in [0.29, 0.717) is 11.6 Å². The Balaban J connectivity index is 1.75. The molecule has 0 spiro atoms. The first-order valence-electron chi connectivity index (χ1n) is 9.15. The molecule has 21 heavy (non-hydrogen) atoms. The Hall–Kier alpha value is -0.120. The normalized spacial score (nSPS) is 31.3. The number of nitrogens with one attached hydrogen (secondary N) is 1. The maximum Gasteiger partial charge on any atom is 0.0309 e. The van der Waals surface area contributed by atoms with Crippen LogP contribution in [-0.4, -0.2) is 60.6 Å². The molecule has 0 aromatic heterocycles. The van der Waals surface area contributed by atoms with Crippen LogP contribution in [0.1, 0.15) is 59.8 Å². The Morgan fingerprint density at radius 1 is 1.29 bits per heavy atom. The smallest absolute Gasteiger partial charge is 0.0309 e. The fourth-order valence-corrected chi connectivity index (χ4v) is 3.68. The molecule has 0 aromatic carbocycles. The van der Waals surface area contributed by atoms with Gasteiger partial charge in [-0.25, -0.2) is 0 Å². The van der Waals surface area contributed by atoms with Crippen LogP contribution in [0.4, 0.5) is 0 Å². The summed E-state index contributed by atoms with van der Waals surface area (Å²) in [5.74, 6) is 0.935. The Morgan fingerprint density at radius 2 is 2.00 bits per heavy atom. The molecule has 1 N–H and O–H groups in total. The molecule has 124 valence electrons. The molecule has 1 aliphatic heterocycles. The number of nitrogens with zero attached hydrogens (tertiary/aromatic N) is 2. The van der Waals surface area contributed by atoms with Gasteiger partial charge in [0.15, 0.2) is 0 Å². The third-order valence-corrected chi connectivity index (χ3v) is 5.83. The molecule has 2 rings (SSSR count). The monoisotopic (exact) mass is 295 g/mol. The highest BCUT2D eigenvalue weighted by atomic mass is 15.3. The lowest BCUT2D eigenvalue weighted by Crippen LogP contribution is -2.63. The van der Waals surface area contributed by atoms with Crippen LogP contribution in [0.2, 0.25) is 0 Å².